The van der Waals surface area contributed by atoms with Gasteiger partial charge in [0.25, 0.3) is 0 Å². The predicted molar refractivity (Wildman–Crippen MR) is 146 cm³/mol. The minimum Gasteiger partial charge on any atom is -0.465 e. The highest BCUT2D eigenvalue weighted by atomic mass is 35.5. The van der Waals surface area contributed by atoms with Gasteiger partial charge in [-0.25, -0.2) is 14.6 Å². The first-order chi connectivity index (χ1) is 18.0. The molecule has 0 saturated heterocycles. The SMILES string of the molecule is COC(=O)c1ccc(-c2ccc3c(c2)C[C@@H](N(C[C@H](O)c2ccc(Cl)nc2)C(=O)OC(C)(C)C)CC3)cc1. The standard InChI is InChI=1S/C30H33ClN2O5/c1-30(2,3)38-29(36)33(18-26(34)23-12-14-27(31)32-17-23)25-13-11-20-7-10-22(15-24(20)16-25)19-5-8-21(9-6-19)28(35)37-4/h5-10,12,14-15,17,25-26,34H,11,13,16,18H2,1-4H3/t25-,26-/m0/s1. The fraction of sp³-hybridized carbons (Fsp3) is 0.367. The van der Waals surface area contributed by atoms with Gasteiger partial charge in [-0.15, -0.1) is 0 Å². The van der Waals surface area contributed by atoms with E-state index in [1.165, 1.54) is 18.9 Å². The summed E-state index contributed by atoms with van der Waals surface area (Å²) in [5, 5.41) is 11.3. The van der Waals surface area contributed by atoms with E-state index in [2.05, 4.69) is 23.2 Å². The van der Waals surface area contributed by atoms with Crippen LogP contribution in [0.4, 0.5) is 4.79 Å². The Bertz CT molecular complexity index is 1290. The third kappa shape index (κ3) is 6.71. The molecule has 2 atom stereocenters. The lowest BCUT2D eigenvalue weighted by atomic mass is 9.85. The van der Waals surface area contributed by atoms with Crippen molar-refractivity contribution in [2.75, 3.05) is 13.7 Å². The summed E-state index contributed by atoms with van der Waals surface area (Å²) in [6.45, 7) is 5.57. The lowest BCUT2D eigenvalue weighted by Gasteiger charge is -2.37. The molecule has 0 aliphatic heterocycles. The average Bonchev–Trinajstić information content (AvgIpc) is 2.90. The van der Waals surface area contributed by atoms with Crippen LogP contribution in [0.3, 0.4) is 0 Å². The largest absolute Gasteiger partial charge is 0.465 e. The minimum atomic E-state index is -0.937. The Labute approximate surface area is 228 Å². The number of methoxy groups -OCH3 is 1. The number of rotatable bonds is 6. The number of carbonyl (C=O) groups is 2. The van der Waals surface area contributed by atoms with Crippen molar-refractivity contribution in [2.45, 2.75) is 57.8 Å². The van der Waals surface area contributed by atoms with Gasteiger partial charge >= 0.3 is 12.1 Å². The minimum absolute atomic E-state index is 0.0763. The van der Waals surface area contributed by atoms with E-state index in [0.717, 1.165) is 29.5 Å². The normalized spacial score (nSPS) is 15.8. The number of ether oxygens (including phenoxy) is 2. The van der Waals surface area contributed by atoms with E-state index in [0.29, 0.717) is 22.7 Å². The molecule has 0 saturated carbocycles. The van der Waals surface area contributed by atoms with E-state index < -0.39 is 17.8 Å². The van der Waals surface area contributed by atoms with Crippen LogP contribution in [0.1, 0.15) is 60.3 Å². The molecule has 1 amide bonds. The Hall–Kier alpha value is -3.42. The summed E-state index contributed by atoms with van der Waals surface area (Å²) in [5.74, 6) is -0.372. The number of halogens is 1. The van der Waals surface area contributed by atoms with Crippen molar-refractivity contribution < 1.29 is 24.2 Å². The molecule has 7 nitrogen and oxygen atoms in total. The zero-order valence-corrected chi connectivity index (χ0v) is 22.9. The number of benzene rings is 2. The van der Waals surface area contributed by atoms with Gasteiger partial charge in [-0.05, 0) is 80.5 Å². The van der Waals surface area contributed by atoms with Gasteiger partial charge in [0.1, 0.15) is 10.8 Å². The highest BCUT2D eigenvalue weighted by Gasteiger charge is 2.33. The van der Waals surface area contributed by atoms with Gasteiger partial charge in [-0.3, -0.25) is 0 Å². The van der Waals surface area contributed by atoms with Crippen LogP contribution in [0, 0.1) is 0 Å². The molecule has 1 aromatic heterocycles. The summed E-state index contributed by atoms with van der Waals surface area (Å²) in [5.41, 5.74) is 4.80. The number of pyridine rings is 1. The van der Waals surface area contributed by atoms with Crippen LogP contribution in [0.25, 0.3) is 11.1 Å². The van der Waals surface area contributed by atoms with Crippen LogP contribution in [0.5, 0.6) is 0 Å². The second-order valence-corrected chi connectivity index (χ2v) is 10.9. The van der Waals surface area contributed by atoms with Crippen molar-refractivity contribution in [3.63, 3.8) is 0 Å². The molecular formula is C30H33ClN2O5. The quantitative estimate of drug-likeness (QED) is 0.306. The fourth-order valence-corrected chi connectivity index (χ4v) is 4.78. The summed E-state index contributed by atoms with van der Waals surface area (Å²) in [6, 6.07) is 16.8. The molecule has 0 unspecified atom stereocenters. The maximum Gasteiger partial charge on any atom is 0.410 e. The number of aliphatic hydroxyl groups is 1. The van der Waals surface area contributed by atoms with E-state index in [-0.39, 0.29) is 18.6 Å². The highest BCUT2D eigenvalue weighted by molar-refractivity contribution is 6.29. The van der Waals surface area contributed by atoms with Gasteiger partial charge in [-0.2, -0.15) is 0 Å². The Morgan fingerprint density at radius 3 is 2.42 bits per heavy atom. The molecule has 3 aromatic rings. The zero-order valence-electron chi connectivity index (χ0n) is 22.1. The molecule has 1 heterocycles. The first-order valence-electron chi connectivity index (χ1n) is 12.6. The van der Waals surface area contributed by atoms with Crippen LogP contribution in [0.2, 0.25) is 5.15 Å². The molecule has 2 aromatic carbocycles. The zero-order chi connectivity index (χ0) is 27.4. The summed E-state index contributed by atoms with van der Waals surface area (Å²) in [6.07, 6.45) is 2.32. The second-order valence-electron chi connectivity index (χ2n) is 10.5. The molecule has 1 aliphatic carbocycles. The van der Waals surface area contributed by atoms with Crippen LogP contribution in [-0.2, 0) is 22.3 Å². The summed E-state index contributed by atoms with van der Waals surface area (Å²) < 4.78 is 10.5. The second kappa shape index (κ2) is 11.5. The Balaban J connectivity index is 1.58. The summed E-state index contributed by atoms with van der Waals surface area (Å²) in [7, 11) is 1.36. The molecule has 0 radical (unpaired) electrons. The van der Waals surface area contributed by atoms with E-state index in [9.17, 15) is 14.7 Å². The lowest BCUT2D eigenvalue weighted by Crippen LogP contribution is -2.47. The van der Waals surface area contributed by atoms with Gasteiger partial charge in [0.15, 0.2) is 0 Å². The summed E-state index contributed by atoms with van der Waals surface area (Å²) in [4.78, 5) is 30.8. The Morgan fingerprint density at radius 2 is 1.79 bits per heavy atom. The first kappa shape index (κ1) is 27.6. The maximum atomic E-state index is 13.3. The molecule has 0 fully saturated rings. The van der Waals surface area contributed by atoms with E-state index in [1.54, 1.807) is 29.2 Å². The number of nitrogens with zero attached hydrogens (tertiary/aromatic N) is 2. The highest BCUT2D eigenvalue weighted by Crippen LogP contribution is 2.31. The van der Waals surface area contributed by atoms with Gasteiger partial charge < -0.3 is 19.5 Å². The van der Waals surface area contributed by atoms with E-state index >= 15 is 0 Å². The number of hydrogen-bond donors (Lipinski definition) is 1. The third-order valence-corrected chi connectivity index (χ3v) is 6.85. The Morgan fingerprint density at radius 1 is 1.08 bits per heavy atom. The predicted octanol–water partition coefficient (Wildman–Crippen LogP) is 6.02. The number of hydrogen-bond acceptors (Lipinski definition) is 6. The number of aliphatic hydroxyl groups excluding tert-OH is 1. The lowest BCUT2D eigenvalue weighted by molar-refractivity contribution is 0.00191. The number of aromatic nitrogens is 1. The smallest absolute Gasteiger partial charge is 0.410 e. The van der Waals surface area contributed by atoms with Crippen LogP contribution in [-0.4, -0.2) is 52.4 Å². The number of carbonyl (C=O) groups excluding carboxylic acids is 2. The molecule has 8 heteroatoms. The number of fused-ring (bicyclic) bond motifs is 1. The monoisotopic (exact) mass is 536 g/mol. The molecule has 4 rings (SSSR count). The van der Waals surface area contributed by atoms with Crippen LogP contribution >= 0.6 is 11.6 Å². The van der Waals surface area contributed by atoms with Crippen molar-refractivity contribution in [2.24, 2.45) is 0 Å². The van der Waals surface area contributed by atoms with Crippen molar-refractivity contribution in [1.29, 1.82) is 0 Å². The average molecular weight is 537 g/mol. The van der Waals surface area contributed by atoms with Gasteiger partial charge in [0, 0.05) is 17.8 Å². The molecule has 0 bridgehead atoms. The van der Waals surface area contributed by atoms with Gasteiger partial charge in [0.05, 0.1) is 25.3 Å². The molecule has 38 heavy (non-hydrogen) atoms. The van der Waals surface area contributed by atoms with Crippen molar-refractivity contribution >= 4 is 23.7 Å². The van der Waals surface area contributed by atoms with Crippen molar-refractivity contribution in [3.05, 3.63) is 88.2 Å². The van der Waals surface area contributed by atoms with Crippen molar-refractivity contribution in [1.82, 2.24) is 9.88 Å². The first-order valence-corrected chi connectivity index (χ1v) is 13.0. The van der Waals surface area contributed by atoms with Gasteiger partial charge in [0.2, 0.25) is 0 Å². The van der Waals surface area contributed by atoms with Crippen molar-refractivity contribution in [3.8, 4) is 11.1 Å². The number of amides is 1. The molecule has 1 aliphatic rings. The van der Waals surface area contributed by atoms with Crippen LogP contribution in [0.15, 0.2) is 60.8 Å². The topological polar surface area (TPSA) is 89.0 Å². The third-order valence-electron chi connectivity index (χ3n) is 6.62. The van der Waals surface area contributed by atoms with Gasteiger partial charge in [-0.1, -0.05) is 48.0 Å². The van der Waals surface area contributed by atoms with E-state index in [1.807, 2.05) is 32.9 Å². The van der Waals surface area contributed by atoms with E-state index in [4.69, 9.17) is 21.1 Å². The number of aryl methyl sites for hydroxylation is 1. The van der Waals surface area contributed by atoms with Crippen LogP contribution < -0.4 is 0 Å². The molecule has 200 valence electrons. The molecule has 0 spiro atoms. The summed E-state index contributed by atoms with van der Waals surface area (Å²) >= 11 is 5.90. The molecular weight excluding hydrogens is 504 g/mol. The molecule has 1 N–H and O–H groups in total. The Kier molecular flexibility index (Phi) is 8.38. The number of esters is 1. The fourth-order valence-electron chi connectivity index (χ4n) is 4.67. The maximum absolute atomic E-state index is 13.3.